The smallest absolute Gasteiger partial charge is 0.325 e. The van der Waals surface area contributed by atoms with Crippen molar-refractivity contribution in [2.45, 2.75) is 26.8 Å². The number of amides is 1. The van der Waals surface area contributed by atoms with Gasteiger partial charge in [-0.15, -0.1) is 0 Å². The van der Waals surface area contributed by atoms with E-state index in [1.54, 1.807) is 38.3 Å². The summed E-state index contributed by atoms with van der Waals surface area (Å²) in [5.74, 6) is 0.0850. The Hall–Kier alpha value is -2.04. The zero-order valence-electron chi connectivity index (χ0n) is 12.4. The fraction of sp³-hybridized carbons (Fsp3) is 0.467. The third-order valence-electron chi connectivity index (χ3n) is 2.83. The van der Waals surface area contributed by atoms with Crippen LogP contribution in [-0.2, 0) is 9.53 Å². The third kappa shape index (κ3) is 4.26. The summed E-state index contributed by atoms with van der Waals surface area (Å²) in [6, 6.07) is 6.71. The number of hydrogen-bond donors (Lipinski definition) is 0. The van der Waals surface area contributed by atoms with E-state index >= 15 is 0 Å². The van der Waals surface area contributed by atoms with Gasteiger partial charge in [0.15, 0.2) is 0 Å². The van der Waals surface area contributed by atoms with Gasteiger partial charge >= 0.3 is 5.97 Å². The number of benzene rings is 1. The first kappa shape index (κ1) is 16.0. The maximum atomic E-state index is 12.4. The molecule has 0 N–H and O–H groups in total. The van der Waals surface area contributed by atoms with Crippen LogP contribution < -0.4 is 4.74 Å². The van der Waals surface area contributed by atoms with Gasteiger partial charge in [0.05, 0.1) is 13.7 Å². The number of ether oxygens (including phenoxy) is 2. The molecule has 0 unspecified atom stereocenters. The molecule has 0 saturated heterocycles. The van der Waals surface area contributed by atoms with Crippen LogP contribution in [0.5, 0.6) is 5.75 Å². The molecule has 20 heavy (non-hydrogen) atoms. The normalized spacial score (nSPS) is 10.2. The lowest BCUT2D eigenvalue weighted by Crippen LogP contribution is -2.41. The molecule has 0 aliphatic heterocycles. The number of carbonyl (C=O) groups is 2. The number of nitrogens with zero attached hydrogens (tertiary/aromatic N) is 1. The van der Waals surface area contributed by atoms with E-state index in [2.05, 4.69) is 0 Å². The topological polar surface area (TPSA) is 55.8 Å². The molecule has 1 aromatic rings. The summed E-state index contributed by atoms with van der Waals surface area (Å²) < 4.78 is 9.95. The number of carbonyl (C=O) groups excluding carboxylic acids is 2. The average molecular weight is 279 g/mol. The van der Waals surface area contributed by atoms with Gasteiger partial charge in [-0.2, -0.15) is 0 Å². The number of methoxy groups -OCH3 is 1. The largest absolute Gasteiger partial charge is 0.497 e. The summed E-state index contributed by atoms with van der Waals surface area (Å²) in [6.07, 6.45) is 0. The first-order valence-electron chi connectivity index (χ1n) is 6.60. The molecule has 0 aliphatic rings. The molecule has 0 radical (unpaired) electrons. The standard InChI is InChI=1S/C15H21NO4/c1-5-20-14(17)10-16(11(2)3)15(18)12-6-8-13(19-4)9-7-12/h6-9,11H,5,10H2,1-4H3. The van der Waals surface area contributed by atoms with Crippen LogP contribution in [0.2, 0.25) is 0 Å². The van der Waals surface area contributed by atoms with E-state index in [4.69, 9.17) is 9.47 Å². The number of rotatable bonds is 6. The second-order valence-electron chi connectivity index (χ2n) is 4.56. The van der Waals surface area contributed by atoms with E-state index in [9.17, 15) is 9.59 Å². The van der Waals surface area contributed by atoms with Crippen molar-refractivity contribution in [2.75, 3.05) is 20.3 Å². The summed E-state index contributed by atoms with van der Waals surface area (Å²) in [5.41, 5.74) is 0.517. The molecule has 5 nitrogen and oxygen atoms in total. The Labute approximate surface area is 119 Å². The van der Waals surface area contributed by atoms with Crippen LogP contribution in [0.25, 0.3) is 0 Å². The predicted octanol–water partition coefficient (Wildman–Crippen LogP) is 2.11. The van der Waals surface area contributed by atoms with Crippen LogP contribution in [0.15, 0.2) is 24.3 Å². The zero-order valence-corrected chi connectivity index (χ0v) is 12.4. The molecule has 0 aliphatic carbocycles. The SMILES string of the molecule is CCOC(=O)CN(C(=O)c1ccc(OC)cc1)C(C)C. The molecule has 1 aromatic carbocycles. The first-order chi connectivity index (χ1) is 9.49. The Morgan fingerprint density at radius 3 is 2.25 bits per heavy atom. The van der Waals surface area contributed by atoms with Crippen molar-refractivity contribution in [1.29, 1.82) is 0 Å². The van der Waals surface area contributed by atoms with Crippen LogP contribution in [0.1, 0.15) is 31.1 Å². The van der Waals surface area contributed by atoms with Gasteiger partial charge in [-0.1, -0.05) is 0 Å². The van der Waals surface area contributed by atoms with Gasteiger partial charge < -0.3 is 14.4 Å². The highest BCUT2D eigenvalue weighted by atomic mass is 16.5. The van der Waals surface area contributed by atoms with Crippen LogP contribution in [0.4, 0.5) is 0 Å². The van der Waals surface area contributed by atoms with Crippen molar-refractivity contribution in [3.05, 3.63) is 29.8 Å². The fourth-order valence-electron chi connectivity index (χ4n) is 1.73. The lowest BCUT2D eigenvalue weighted by Gasteiger charge is -2.25. The van der Waals surface area contributed by atoms with E-state index in [0.717, 1.165) is 0 Å². The lowest BCUT2D eigenvalue weighted by atomic mass is 10.1. The first-order valence-corrected chi connectivity index (χ1v) is 6.60. The average Bonchev–Trinajstić information content (AvgIpc) is 2.44. The Morgan fingerprint density at radius 1 is 1.20 bits per heavy atom. The predicted molar refractivity (Wildman–Crippen MR) is 75.8 cm³/mol. The van der Waals surface area contributed by atoms with Crippen molar-refractivity contribution in [3.63, 3.8) is 0 Å². The van der Waals surface area contributed by atoms with E-state index in [1.165, 1.54) is 4.90 Å². The highest BCUT2D eigenvalue weighted by molar-refractivity contribution is 5.96. The summed E-state index contributed by atoms with van der Waals surface area (Å²) in [4.78, 5) is 25.4. The van der Waals surface area contributed by atoms with Crippen LogP contribution in [0.3, 0.4) is 0 Å². The van der Waals surface area contributed by atoms with Gasteiger partial charge in [0.1, 0.15) is 12.3 Å². The van der Waals surface area contributed by atoms with Gasteiger partial charge in [0.2, 0.25) is 0 Å². The van der Waals surface area contributed by atoms with Crippen molar-refractivity contribution < 1.29 is 19.1 Å². The zero-order chi connectivity index (χ0) is 15.1. The van der Waals surface area contributed by atoms with Gasteiger partial charge in [-0.05, 0) is 45.0 Å². The second-order valence-corrected chi connectivity index (χ2v) is 4.56. The van der Waals surface area contributed by atoms with Crippen LogP contribution in [0, 0.1) is 0 Å². The van der Waals surface area contributed by atoms with Crippen molar-refractivity contribution in [1.82, 2.24) is 4.90 Å². The Balaban J connectivity index is 2.84. The van der Waals surface area contributed by atoms with E-state index in [1.807, 2.05) is 13.8 Å². The molecule has 110 valence electrons. The Bertz CT molecular complexity index is 453. The molecule has 0 heterocycles. The molecule has 5 heteroatoms. The summed E-state index contributed by atoms with van der Waals surface area (Å²) in [6.45, 7) is 5.72. The van der Waals surface area contributed by atoms with E-state index in [-0.39, 0.29) is 18.5 Å². The molecule has 0 saturated carbocycles. The minimum atomic E-state index is -0.400. The molecule has 0 aromatic heterocycles. The molecule has 0 atom stereocenters. The van der Waals surface area contributed by atoms with Crippen molar-refractivity contribution >= 4 is 11.9 Å². The molecule has 0 spiro atoms. The molecule has 0 fully saturated rings. The quantitative estimate of drug-likeness (QED) is 0.748. The molecule has 0 bridgehead atoms. The third-order valence-corrected chi connectivity index (χ3v) is 2.83. The maximum absolute atomic E-state index is 12.4. The summed E-state index contributed by atoms with van der Waals surface area (Å²) in [7, 11) is 1.57. The van der Waals surface area contributed by atoms with Gasteiger partial charge in [-0.25, -0.2) is 0 Å². The Kier molecular flexibility index (Phi) is 6.03. The molecule has 1 rings (SSSR count). The fourth-order valence-corrected chi connectivity index (χ4v) is 1.73. The van der Waals surface area contributed by atoms with E-state index < -0.39 is 5.97 Å². The minimum Gasteiger partial charge on any atom is -0.497 e. The highest BCUT2D eigenvalue weighted by Crippen LogP contribution is 2.14. The number of esters is 1. The maximum Gasteiger partial charge on any atom is 0.325 e. The minimum absolute atomic E-state index is 0.0453. The molecular formula is C15H21NO4. The summed E-state index contributed by atoms with van der Waals surface area (Å²) >= 11 is 0. The highest BCUT2D eigenvalue weighted by Gasteiger charge is 2.22. The van der Waals surface area contributed by atoms with Crippen LogP contribution in [-0.4, -0.2) is 43.1 Å². The second kappa shape index (κ2) is 7.53. The van der Waals surface area contributed by atoms with Crippen molar-refractivity contribution in [3.8, 4) is 5.75 Å². The van der Waals surface area contributed by atoms with E-state index in [0.29, 0.717) is 17.9 Å². The molecule has 1 amide bonds. The number of hydrogen-bond acceptors (Lipinski definition) is 4. The van der Waals surface area contributed by atoms with Gasteiger partial charge in [-0.3, -0.25) is 9.59 Å². The van der Waals surface area contributed by atoms with Gasteiger partial charge in [0, 0.05) is 11.6 Å². The lowest BCUT2D eigenvalue weighted by molar-refractivity contribution is -0.144. The summed E-state index contributed by atoms with van der Waals surface area (Å²) in [5, 5.41) is 0. The van der Waals surface area contributed by atoms with Crippen LogP contribution >= 0.6 is 0 Å². The van der Waals surface area contributed by atoms with Gasteiger partial charge in [0.25, 0.3) is 5.91 Å². The Morgan fingerprint density at radius 2 is 1.80 bits per heavy atom. The van der Waals surface area contributed by atoms with Crippen molar-refractivity contribution in [2.24, 2.45) is 0 Å². The monoisotopic (exact) mass is 279 g/mol. The molecular weight excluding hydrogens is 258 g/mol.